The molecule has 2 rings (SSSR count). The van der Waals surface area contributed by atoms with Gasteiger partial charge in [-0.1, -0.05) is 29.8 Å². The first-order chi connectivity index (χ1) is 8.13. The smallest absolute Gasteiger partial charge is 0.342 e. The number of hydrogen-bond acceptors (Lipinski definition) is 3. The van der Waals surface area contributed by atoms with E-state index in [4.69, 9.17) is 9.15 Å². The molecule has 0 atom stereocenters. The highest BCUT2D eigenvalue weighted by atomic mass is 16.5. The Kier molecular flexibility index (Phi) is 3.00. The third-order valence-electron chi connectivity index (χ3n) is 2.68. The van der Waals surface area contributed by atoms with Gasteiger partial charge < -0.3 is 9.15 Å². The van der Waals surface area contributed by atoms with Gasteiger partial charge in [0.1, 0.15) is 11.3 Å². The Hall–Kier alpha value is -2.03. The molecule has 1 aromatic heterocycles. The van der Waals surface area contributed by atoms with E-state index >= 15 is 0 Å². The van der Waals surface area contributed by atoms with Gasteiger partial charge >= 0.3 is 5.97 Å². The van der Waals surface area contributed by atoms with E-state index in [0.717, 1.165) is 16.7 Å². The average molecular weight is 230 g/mol. The number of benzene rings is 1. The van der Waals surface area contributed by atoms with Crippen LogP contribution in [0.3, 0.4) is 0 Å². The van der Waals surface area contributed by atoms with Gasteiger partial charge in [-0.05, 0) is 13.8 Å². The second-order valence-electron chi connectivity index (χ2n) is 3.98. The standard InChI is InChI=1S/C14H14O3/c1-9-4-6-11(7-5-9)13-12(14(15)16-3)10(2)8-17-13/h4-8H,1-3H3. The van der Waals surface area contributed by atoms with Gasteiger partial charge in [0.15, 0.2) is 0 Å². The molecule has 1 heterocycles. The highest BCUT2D eigenvalue weighted by Gasteiger charge is 2.20. The molecule has 0 bridgehead atoms. The molecule has 0 N–H and O–H groups in total. The summed E-state index contributed by atoms with van der Waals surface area (Å²) in [4.78, 5) is 11.7. The molecular formula is C14H14O3. The first-order valence-electron chi connectivity index (χ1n) is 5.37. The second-order valence-corrected chi connectivity index (χ2v) is 3.98. The largest absolute Gasteiger partial charge is 0.465 e. The zero-order valence-electron chi connectivity index (χ0n) is 10.1. The zero-order valence-corrected chi connectivity index (χ0v) is 10.1. The van der Waals surface area contributed by atoms with E-state index in [2.05, 4.69) is 0 Å². The Labute approximate surface area is 100 Å². The number of carbonyl (C=O) groups excluding carboxylic acids is 1. The molecule has 88 valence electrons. The van der Waals surface area contributed by atoms with Crippen molar-refractivity contribution in [2.24, 2.45) is 0 Å². The minimum absolute atomic E-state index is 0.369. The minimum atomic E-state index is -0.369. The highest BCUT2D eigenvalue weighted by Crippen LogP contribution is 2.28. The molecule has 0 saturated heterocycles. The predicted molar refractivity (Wildman–Crippen MR) is 65.0 cm³/mol. The molecule has 0 saturated carbocycles. The van der Waals surface area contributed by atoms with Crippen LogP contribution < -0.4 is 0 Å². The summed E-state index contributed by atoms with van der Waals surface area (Å²) in [5, 5.41) is 0. The van der Waals surface area contributed by atoms with Crippen molar-refractivity contribution in [1.29, 1.82) is 0 Å². The van der Waals surface area contributed by atoms with Crippen LogP contribution in [0.25, 0.3) is 11.3 Å². The van der Waals surface area contributed by atoms with Crippen LogP contribution in [0.1, 0.15) is 21.5 Å². The lowest BCUT2D eigenvalue weighted by Gasteiger charge is -2.02. The van der Waals surface area contributed by atoms with Gasteiger partial charge in [0.25, 0.3) is 0 Å². The molecule has 17 heavy (non-hydrogen) atoms. The summed E-state index contributed by atoms with van der Waals surface area (Å²) in [5.41, 5.74) is 3.32. The number of ether oxygens (including phenoxy) is 1. The van der Waals surface area contributed by atoms with Gasteiger partial charge in [-0.3, -0.25) is 0 Å². The average Bonchev–Trinajstić information content (AvgIpc) is 2.71. The third-order valence-corrected chi connectivity index (χ3v) is 2.68. The molecule has 0 unspecified atom stereocenters. The van der Waals surface area contributed by atoms with E-state index in [1.54, 1.807) is 6.26 Å². The van der Waals surface area contributed by atoms with Crippen LogP contribution in [0, 0.1) is 13.8 Å². The van der Waals surface area contributed by atoms with Crippen molar-refractivity contribution in [3.63, 3.8) is 0 Å². The Morgan fingerprint density at radius 1 is 1.18 bits per heavy atom. The summed E-state index contributed by atoms with van der Waals surface area (Å²) in [7, 11) is 1.37. The lowest BCUT2D eigenvalue weighted by atomic mass is 10.0. The molecule has 0 radical (unpaired) electrons. The minimum Gasteiger partial charge on any atom is -0.465 e. The predicted octanol–water partition coefficient (Wildman–Crippen LogP) is 3.35. The molecule has 0 fully saturated rings. The van der Waals surface area contributed by atoms with Gasteiger partial charge in [0.05, 0.1) is 13.4 Å². The maximum atomic E-state index is 11.7. The fraction of sp³-hybridized carbons (Fsp3) is 0.214. The van der Waals surface area contributed by atoms with E-state index in [-0.39, 0.29) is 5.97 Å². The summed E-state index contributed by atoms with van der Waals surface area (Å²) < 4.78 is 10.2. The van der Waals surface area contributed by atoms with Gasteiger partial charge in [0.2, 0.25) is 0 Å². The lowest BCUT2D eigenvalue weighted by Crippen LogP contribution is -2.03. The number of hydrogen-bond donors (Lipinski definition) is 0. The van der Waals surface area contributed by atoms with Crippen molar-refractivity contribution in [2.75, 3.05) is 7.11 Å². The molecule has 1 aromatic carbocycles. The molecular weight excluding hydrogens is 216 g/mol. The van der Waals surface area contributed by atoms with E-state index < -0.39 is 0 Å². The fourth-order valence-electron chi connectivity index (χ4n) is 1.72. The van der Waals surface area contributed by atoms with Crippen LogP contribution in [0.15, 0.2) is 34.9 Å². The summed E-state index contributed by atoms with van der Waals surface area (Å²) in [6.45, 7) is 3.84. The first-order valence-corrected chi connectivity index (χ1v) is 5.37. The quantitative estimate of drug-likeness (QED) is 0.743. The molecule has 3 heteroatoms. The van der Waals surface area contributed by atoms with Gasteiger partial charge in [-0.25, -0.2) is 4.79 Å². The Balaban J connectivity index is 2.52. The maximum absolute atomic E-state index is 11.7. The summed E-state index contributed by atoms with van der Waals surface area (Å²) in [6.07, 6.45) is 1.57. The third kappa shape index (κ3) is 2.09. The van der Waals surface area contributed by atoms with Crippen molar-refractivity contribution >= 4 is 5.97 Å². The van der Waals surface area contributed by atoms with E-state index in [1.807, 2.05) is 38.1 Å². The lowest BCUT2D eigenvalue weighted by molar-refractivity contribution is 0.0600. The van der Waals surface area contributed by atoms with Gasteiger partial charge in [-0.15, -0.1) is 0 Å². The van der Waals surface area contributed by atoms with Crippen molar-refractivity contribution < 1.29 is 13.9 Å². The fourth-order valence-corrected chi connectivity index (χ4v) is 1.72. The SMILES string of the molecule is COC(=O)c1c(C)coc1-c1ccc(C)cc1. The Bertz CT molecular complexity index is 535. The van der Waals surface area contributed by atoms with Crippen molar-refractivity contribution in [3.05, 3.63) is 47.2 Å². The Morgan fingerprint density at radius 3 is 2.41 bits per heavy atom. The van der Waals surface area contributed by atoms with Crippen LogP contribution in [0.2, 0.25) is 0 Å². The van der Waals surface area contributed by atoms with Crippen LogP contribution in [0.5, 0.6) is 0 Å². The number of methoxy groups -OCH3 is 1. The summed E-state index contributed by atoms with van der Waals surface area (Å²) >= 11 is 0. The monoisotopic (exact) mass is 230 g/mol. The van der Waals surface area contributed by atoms with Crippen molar-refractivity contribution in [3.8, 4) is 11.3 Å². The summed E-state index contributed by atoms with van der Waals surface area (Å²) in [5.74, 6) is 0.196. The molecule has 0 amide bonds. The number of esters is 1. The van der Waals surface area contributed by atoms with Crippen LogP contribution in [0.4, 0.5) is 0 Å². The molecule has 0 aliphatic heterocycles. The number of carbonyl (C=O) groups is 1. The van der Waals surface area contributed by atoms with Crippen LogP contribution in [-0.2, 0) is 4.74 Å². The van der Waals surface area contributed by atoms with Crippen LogP contribution >= 0.6 is 0 Å². The van der Waals surface area contributed by atoms with E-state index in [1.165, 1.54) is 7.11 Å². The highest BCUT2D eigenvalue weighted by molar-refractivity contribution is 5.97. The normalized spacial score (nSPS) is 10.3. The Morgan fingerprint density at radius 2 is 1.82 bits per heavy atom. The number of furan rings is 1. The molecule has 3 nitrogen and oxygen atoms in total. The van der Waals surface area contributed by atoms with Gasteiger partial charge in [-0.2, -0.15) is 0 Å². The van der Waals surface area contributed by atoms with E-state index in [0.29, 0.717) is 11.3 Å². The van der Waals surface area contributed by atoms with Crippen molar-refractivity contribution in [1.82, 2.24) is 0 Å². The topological polar surface area (TPSA) is 39.4 Å². The van der Waals surface area contributed by atoms with E-state index in [9.17, 15) is 4.79 Å². The maximum Gasteiger partial charge on any atom is 0.342 e. The molecule has 0 spiro atoms. The second kappa shape index (κ2) is 4.45. The first kappa shape index (κ1) is 11.5. The number of rotatable bonds is 2. The van der Waals surface area contributed by atoms with Gasteiger partial charge in [0, 0.05) is 11.1 Å². The zero-order chi connectivity index (χ0) is 12.4. The molecule has 0 aliphatic carbocycles. The van der Waals surface area contributed by atoms with Crippen molar-refractivity contribution in [2.45, 2.75) is 13.8 Å². The number of aryl methyl sites for hydroxylation is 2. The molecule has 2 aromatic rings. The summed E-state index contributed by atoms with van der Waals surface area (Å²) in [6, 6.07) is 7.82. The van der Waals surface area contributed by atoms with Crippen LogP contribution in [-0.4, -0.2) is 13.1 Å². The molecule has 0 aliphatic rings.